The lowest BCUT2D eigenvalue weighted by molar-refractivity contribution is -0.0891. The molecule has 4 heteroatoms. The van der Waals surface area contributed by atoms with Crippen molar-refractivity contribution in [2.45, 2.75) is 6.42 Å². The van der Waals surface area contributed by atoms with Gasteiger partial charge in [0.15, 0.2) is 0 Å². The molecule has 0 radical (unpaired) electrons. The van der Waals surface area contributed by atoms with Crippen molar-refractivity contribution in [1.82, 2.24) is 9.80 Å². The molecule has 0 N–H and O–H groups in total. The molecule has 0 unspecified atom stereocenters. The van der Waals surface area contributed by atoms with E-state index >= 15 is 0 Å². The van der Waals surface area contributed by atoms with Crippen LogP contribution in [0.1, 0.15) is 11.1 Å². The van der Waals surface area contributed by atoms with Gasteiger partial charge < -0.3 is 14.5 Å². The molecule has 2 heterocycles. The summed E-state index contributed by atoms with van der Waals surface area (Å²) in [7, 11) is 2.12. The third kappa shape index (κ3) is 2.31. The molecule has 2 aromatic carbocycles. The van der Waals surface area contributed by atoms with Gasteiger partial charge in [-0.25, -0.2) is 4.79 Å². The fourth-order valence-corrected chi connectivity index (χ4v) is 5.32. The van der Waals surface area contributed by atoms with E-state index in [4.69, 9.17) is 4.74 Å². The van der Waals surface area contributed by atoms with Gasteiger partial charge in [-0.3, -0.25) is 0 Å². The van der Waals surface area contributed by atoms with Gasteiger partial charge in [-0.05, 0) is 58.3 Å². The average Bonchev–Trinajstić information content (AvgIpc) is 3.11. The molecule has 0 saturated carbocycles. The summed E-state index contributed by atoms with van der Waals surface area (Å²) in [5.41, 5.74) is 5.32. The van der Waals surface area contributed by atoms with Gasteiger partial charge >= 0.3 is 6.09 Å². The van der Waals surface area contributed by atoms with Gasteiger partial charge in [-0.15, -0.1) is 0 Å². The number of carbonyl (C=O) groups is 1. The summed E-state index contributed by atoms with van der Waals surface area (Å²) in [4.78, 5) is 16.6. The molecule has 2 saturated heterocycles. The third-order valence-corrected chi connectivity index (χ3v) is 6.48. The molecule has 1 amide bonds. The van der Waals surface area contributed by atoms with Crippen LogP contribution in [0.5, 0.6) is 5.75 Å². The number of fused-ring (bicyclic) bond motifs is 5. The molecule has 6 rings (SSSR count). The number of hydrogen-bond donors (Lipinski definition) is 0. The van der Waals surface area contributed by atoms with Crippen molar-refractivity contribution in [1.29, 1.82) is 0 Å². The molecule has 4 nitrogen and oxygen atoms in total. The highest BCUT2D eigenvalue weighted by molar-refractivity contribution is 5.79. The maximum Gasteiger partial charge on any atom is 0.415 e. The Morgan fingerprint density at radius 2 is 1.86 bits per heavy atom. The van der Waals surface area contributed by atoms with Crippen LogP contribution in [0.25, 0.3) is 29.4 Å². The van der Waals surface area contributed by atoms with E-state index in [-0.39, 0.29) is 6.09 Å². The van der Waals surface area contributed by atoms with Crippen LogP contribution in [0.2, 0.25) is 0 Å². The molecule has 0 aromatic heterocycles. The molecule has 2 fully saturated rings. The summed E-state index contributed by atoms with van der Waals surface area (Å²) >= 11 is 0. The lowest BCUT2D eigenvalue weighted by Crippen LogP contribution is -2.72. The maximum absolute atomic E-state index is 12.5. The van der Waals surface area contributed by atoms with Crippen LogP contribution in [-0.2, 0) is 6.42 Å². The average molecular weight is 370 g/mol. The number of likely N-dealkylation sites (tertiary alicyclic amines) is 2. The van der Waals surface area contributed by atoms with E-state index < -0.39 is 0 Å². The van der Waals surface area contributed by atoms with Crippen molar-refractivity contribution >= 4 is 24.3 Å². The van der Waals surface area contributed by atoms with Crippen LogP contribution < -0.4 is 15.2 Å². The maximum atomic E-state index is 12.5. The van der Waals surface area contributed by atoms with E-state index in [0.29, 0.717) is 11.2 Å². The Morgan fingerprint density at radius 1 is 1.04 bits per heavy atom. The molecule has 0 bridgehead atoms. The van der Waals surface area contributed by atoms with Crippen LogP contribution in [0, 0.1) is 5.41 Å². The molecule has 4 aliphatic rings. The van der Waals surface area contributed by atoms with Gasteiger partial charge in [0.1, 0.15) is 5.75 Å². The SMILES string of the molecule is CN1CC2(C1)CN(C(=O)Oc1ccc3c(c1)CC=c1c-3ccc3c1=CC=C3)C2. The van der Waals surface area contributed by atoms with Crippen LogP contribution in [-0.4, -0.2) is 49.1 Å². The van der Waals surface area contributed by atoms with E-state index in [0.717, 1.165) is 32.6 Å². The van der Waals surface area contributed by atoms with Crippen molar-refractivity contribution in [3.8, 4) is 16.9 Å². The molecule has 0 atom stereocenters. The minimum Gasteiger partial charge on any atom is -0.410 e. The van der Waals surface area contributed by atoms with Crippen LogP contribution >= 0.6 is 0 Å². The fourth-order valence-electron chi connectivity index (χ4n) is 5.32. The summed E-state index contributed by atoms with van der Waals surface area (Å²) in [6, 6.07) is 10.4. The third-order valence-electron chi connectivity index (χ3n) is 6.48. The summed E-state index contributed by atoms with van der Waals surface area (Å²) < 4.78 is 5.68. The predicted octanol–water partition coefficient (Wildman–Crippen LogP) is 2.24. The molecular formula is C24H22N2O2. The van der Waals surface area contributed by atoms with Crippen molar-refractivity contribution in [3.05, 3.63) is 58.0 Å². The van der Waals surface area contributed by atoms with Gasteiger partial charge in [-0.2, -0.15) is 0 Å². The highest BCUT2D eigenvalue weighted by Crippen LogP contribution is 2.39. The second-order valence-corrected chi connectivity index (χ2v) is 8.68. The lowest BCUT2D eigenvalue weighted by atomic mass is 9.73. The molecule has 2 aliphatic heterocycles. The van der Waals surface area contributed by atoms with Crippen molar-refractivity contribution in [2.24, 2.45) is 5.41 Å². The number of carbonyl (C=O) groups excluding carboxylic acids is 1. The zero-order chi connectivity index (χ0) is 18.9. The smallest absolute Gasteiger partial charge is 0.410 e. The first-order valence-electron chi connectivity index (χ1n) is 9.91. The molecule has 2 aromatic rings. The largest absolute Gasteiger partial charge is 0.415 e. The van der Waals surface area contributed by atoms with E-state index in [1.807, 2.05) is 17.0 Å². The number of amides is 1. The van der Waals surface area contributed by atoms with E-state index in [1.54, 1.807) is 0 Å². The second kappa shape index (κ2) is 5.58. The van der Waals surface area contributed by atoms with E-state index in [9.17, 15) is 4.79 Å². The Hall–Kier alpha value is -2.85. The number of nitrogens with zero attached hydrogens (tertiary/aromatic N) is 2. The Morgan fingerprint density at radius 3 is 2.68 bits per heavy atom. The molecular weight excluding hydrogens is 348 g/mol. The van der Waals surface area contributed by atoms with Crippen molar-refractivity contribution in [2.75, 3.05) is 33.2 Å². The van der Waals surface area contributed by atoms with Gasteiger partial charge in [0.2, 0.25) is 0 Å². The van der Waals surface area contributed by atoms with E-state index in [2.05, 4.69) is 54.5 Å². The van der Waals surface area contributed by atoms with Crippen molar-refractivity contribution < 1.29 is 9.53 Å². The van der Waals surface area contributed by atoms with Crippen LogP contribution in [0.3, 0.4) is 0 Å². The number of ether oxygens (including phenoxy) is 1. The van der Waals surface area contributed by atoms with Crippen molar-refractivity contribution in [3.63, 3.8) is 0 Å². The predicted molar refractivity (Wildman–Crippen MR) is 110 cm³/mol. The molecule has 2 aliphatic carbocycles. The monoisotopic (exact) mass is 370 g/mol. The minimum absolute atomic E-state index is 0.223. The standard InChI is InChI=1S/C24H22N2O2/c1-25-12-24(13-25)14-26(15-24)23(27)28-18-7-10-20-17(11-18)6-9-21-19-4-2-3-16(19)5-8-22(20)21/h2-5,7-11H,6,12-15H2,1H3. The van der Waals surface area contributed by atoms with Gasteiger partial charge in [0, 0.05) is 31.6 Å². The zero-order valence-corrected chi connectivity index (χ0v) is 15.9. The van der Waals surface area contributed by atoms with Gasteiger partial charge in [0.05, 0.1) is 0 Å². The Bertz CT molecular complexity index is 1160. The van der Waals surface area contributed by atoms with Gasteiger partial charge in [-0.1, -0.05) is 42.5 Å². The highest BCUT2D eigenvalue weighted by atomic mass is 16.6. The first-order chi connectivity index (χ1) is 13.6. The zero-order valence-electron chi connectivity index (χ0n) is 15.9. The van der Waals surface area contributed by atoms with E-state index in [1.165, 1.54) is 32.7 Å². The molecule has 1 spiro atoms. The highest BCUT2D eigenvalue weighted by Gasteiger charge is 2.52. The number of hydrogen-bond acceptors (Lipinski definition) is 3. The molecule has 140 valence electrons. The number of rotatable bonds is 1. The Kier molecular flexibility index (Phi) is 3.22. The quantitative estimate of drug-likeness (QED) is 0.772. The summed E-state index contributed by atoms with van der Waals surface area (Å²) in [5.74, 6) is 0.640. The Balaban J connectivity index is 1.22. The summed E-state index contributed by atoms with van der Waals surface area (Å²) in [5, 5.41) is 2.63. The molecule has 28 heavy (non-hydrogen) atoms. The normalized spacial score (nSPS) is 20.2. The number of benzene rings is 2. The van der Waals surface area contributed by atoms with Crippen LogP contribution in [0.15, 0.2) is 36.4 Å². The first-order valence-corrected chi connectivity index (χ1v) is 9.91. The summed E-state index contributed by atoms with van der Waals surface area (Å²) in [6.45, 7) is 3.80. The second-order valence-electron chi connectivity index (χ2n) is 8.68. The van der Waals surface area contributed by atoms with Crippen LogP contribution in [0.4, 0.5) is 4.79 Å². The topological polar surface area (TPSA) is 32.8 Å². The lowest BCUT2D eigenvalue weighted by Gasteiger charge is -2.58. The van der Waals surface area contributed by atoms with Gasteiger partial charge in [0.25, 0.3) is 0 Å². The minimum atomic E-state index is -0.223. The number of allylic oxidation sites excluding steroid dienone is 1. The summed E-state index contributed by atoms with van der Waals surface area (Å²) in [6.07, 6.45) is 9.38. The Labute approximate surface area is 164 Å². The first kappa shape index (κ1) is 16.1. The fraction of sp³-hybridized carbons (Fsp3) is 0.292.